The lowest BCUT2D eigenvalue weighted by Gasteiger charge is -2.35. The summed E-state index contributed by atoms with van der Waals surface area (Å²) >= 11 is 7.18. The molecule has 4 amide bonds. The number of nitrogens with zero attached hydrogens (tertiary/aromatic N) is 5. The highest BCUT2D eigenvalue weighted by atomic mass is 32.1. The van der Waals surface area contributed by atoms with Gasteiger partial charge < -0.3 is 39.8 Å². The number of amides is 4. The van der Waals surface area contributed by atoms with Gasteiger partial charge in [-0.1, -0.05) is 45.0 Å². The molecule has 20 heteroatoms. The first-order valence-corrected chi connectivity index (χ1v) is 24.6. The molecular formula is C51H60F3N7O8S2. The minimum Gasteiger partial charge on any atom is -0.494 e. The molecule has 71 heavy (non-hydrogen) atoms. The van der Waals surface area contributed by atoms with Crippen molar-refractivity contribution in [3.8, 4) is 22.3 Å². The number of β-amino-alcohol motifs (C(OH)–C–C–N with tert-alkyl or cyclic N) is 1. The standard InChI is InChI=1S/C51H60F3N7O8S2/c1-32-43(71-31-57-32)34-13-11-33(12-14-34)28-56-45(64)41-26-38(62)29-59(41)46(65)44(49(2,3)4)58-42(63)30-68-22-9-7-8-21-67-23-10-24-69-39-19-17-36(18-20-39)61-48(70)60(47(66)50(61,5)6)37-16-15-35(27-55)40(25-37)51(52,53)54/h11-20,25,31,38,41,44,62H,7-10,21-24,26,28-30H2,1-6H3,(H,56,64)(H,58,63)/t38-,41+,44-/m1/s1. The van der Waals surface area contributed by atoms with Gasteiger partial charge in [0.05, 0.1) is 51.7 Å². The number of alkyl halides is 3. The quantitative estimate of drug-likeness (QED) is 0.0546. The summed E-state index contributed by atoms with van der Waals surface area (Å²) < 4.78 is 58.4. The van der Waals surface area contributed by atoms with Crippen molar-refractivity contribution in [2.75, 3.05) is 49.4 Å². The molecule has 2 saturated heterocycles. The van der Waals surface area contributed by atoms with Crippen molar-refractivity contribution < 1.29 is 51.7 Å². The minimum absolute atomic E-state index is 0.00407. The zero-order valence-corrected chi connectivity index (χ0v) is 42.3. The number of carbonyl (C=O) groups excluding carboxylic acids is 4. The van der Waals surface area contributed by atoms with E-state index in [-0.39, 0.29) is 42.8 Å². The third-order valence-electron chi connectivity index (χ3n) is 12.2. The van der Waals surface area contributed by atoms with Gasteiger partial charge in [0.15, 0.2) is 5.11 Å². The summed E-state index contributed by atoms with van der Waals surface area (Å²) in [6.45, 7) is 12.3. The molecule has 3 atom stereocenters. The van der Waals surface area contributed by atoms with Crippen molar-refractivity contribution in [1.82, 2.24) is 20.5 Å². The maximum Gasteiger partial charge on any atom is 0.417 e. The van der Waals surface area contributed by atoms with E-state index in [1.165, 1.54) is 11.0 Å². The number of aliphatic hydroxyl groups excluding tert-OH is 1. The minimum atomic E-state index is -4.80. The Labute approximate surface area is 421 Å². The van der Waals surface area contributed by atoms with Crippen LogP contribution in [0.4, 0.5) is 24.5 Å². The number of hydrogen-bond donors (Lipinski definition) is 3. The van der Waals surface area contributed by atoms with E-state index in [1.807, 2.05) is 52.0 Å². The summed E-state index contributed by atoms with van der Waals surface area (Å²) in [6, 6.07) is 17.4. The van der Waals surface area contributed by atoms with Crippen LogP contribution in [0.3, 0.4) is 0 Å². The maximum absolute atomic E-state index is 13.9. The summed E-state index contributed by atoms with van der Waals surface area (Å²) in [5.41, 5.74) is 1.49. The number of thiazole rings is 1. The number of anilines is 2. The summed E-state index contributed by atoms with van der Waals surface area (Å²) in [7, 11) is 0. The Bertz CT molecular complexity index is 2580. The molecule has 0 spiro atoms. The third kappa shape index (κ3) is 13.5. The number of nitrogens with one attached hydrogen (secondary N) is 2. The van der Waals surface area contributed by atoms with Crippen LogP contribution in [0.15, 0.2) is 72.2 Å². The Morgan fingerprint density at radius 1 is 0.958 bits per heavy atom. The molecule has 2 aliphatic heterocycles. The first kappa shape index (κ1) is 54.4. The fraction of sp³-hybridized carbons (Fsp3) is 0.471. The number of carbonyl (C=O) groups is 4. The highest BCUT2D eigenvalue weighted by molar-refractivity contribution is 7.81. The summed E-state index contributed by atoms with van der Waals surface area (Å²) in [4.78, 5) is 63.3. The lowest BCUT2D eigenvalue weighted by Crippen LogP contribution is -2.58. The first-order valence-electron chi connectivity index (χ1n) is 23.3. The van der Waals surface area contributed by atoms with Crippen LogP contribution in [0.5, 0.6) is 5.75 Å². The van der Waals surface area contributed by atoms with E-state index in [0.29, 0.717) is 50.7 Å². The molecule has 3 heterocycles. The number of aliphatic hydroxyl groups is 1. The van der Waals surface area contributed by atoms with Crippen LogP contribution in [-0.4, -0.2) is 107 Å². The molecule has 0 radical (unpaired) electrons. The van der Waals surface area contributed by atoms with Gasteiger partial charge in [-0.2, -0.15) is 18.4 Å². The van der Waals surface area contributed by atoms with Crippen molar-refractivity contribution in [1.29, 1.82) is 5.26 Å². The van der Waals surface area contributed by atoms with Gasteiger partial charge in [0.25, 0.3) is 5.91 Å². The molecule has 0 bridgehead atoms. The number of rotatable bonds is 21. The van der Waals surface area contributed by atoms with Crippen LogP contribution in [0.2, 0.25) is 0 Å². The van der Waals surface area contributed by atoms with Gasteiger partial charge in [-0.25, -0.2) is 4.98 Å². The van der Waals surface area contributed by atoms with Gasteiger partial charge in [0.2, 0.25) is 17.7 Å². The molecule has 15 nitrogen and oxygen atoms in total. The van der Waals surface area contributed by atoms with Crippen molar-refractivity contribution in [2.24, 2.45) is 5.41 Å². The van der Waals surface area contributed by atoms with E-state index in [2.05, 4.69) is 15.6 Å². The highest BCUT2D eigenvalue weighted by Crippen LogP contribution is 2.40. The smallest absolute Gasteiger partial charge is 0.417 e. The normalized spacial score (nSPS) is 17.3. The molecule has 6 rings (SSSR count). The fourth-order valence-corrected chi connectivity index (χ4v) is 9.67. The van der Waals surface area contributed by atoms with E-state index >= 15 is 0 Å². The van der Waals surface area contributed by atoms with E-state index in [1.54, 1.807) is 65.9 Å². The van der Waals surface area contributed by atoms with Crippen LogP contribution in [0.25, 0.3) is 10.4 Å². The number of benzene rings is 3. The molecule has 2 aliphatic rings. The largest absolute Gasteiger partial charge is 0.494 e. The van der Waals surface area contributed by atoms with Crippen molar-refractivity contribution in [2.45, 2.75) is 110 Å². The lowest BCUT2D eigenvalue weighted by molar-refractivity contribution is -0.144. The highest BCUT2D eigenvalue weighted by Gasteiger charge is 2.51. The number of aryl methyl sites for hydroxylation is 1. The molecule has 0 saturated carbocycles. The van der Waals surface area contributed by atoms with E-state index < -0.39 is 64.2 Å². The van der Waals surface area contributed by atoms with Gasteiger partial charge in [-0.15, -0.1) is 11.3 Å². The second kappa shape index (κ2) is 23.5. The van der Waals surface area contributed by atoms with E-state index in [9.17, 15) is 42.7 Å². The number of hydrogen-bond acceptors (Lipinski definition) is 12. The number of ether oxygens (including phenoxy) is 3. The Hall–Kier alpha value is -5.98. The summed E-state index contributed by atoms with van der Waals surface area (Å²) in [5, 5.41) is 25.5. The van der Waals surface area contributed by atoms with Crippen LogP contribution in [-0.2, 0) is 41.4 Å². The van der Waals surface area contributed by atoms with Crippen molar-refractivity contribution in [3.63, 3.8) is 0 Å². The van der Waals surface area contributed by atoms with Gasteiger partial charge in [-0.3, -0.25) is 24.1 Å². The Kier molecular flexibility index (Phi) is 18.0. The molecule has 380 valence electrons. The van der Waals surface area contributed by atoms with Crippen LogP contribution in [0.1, 0.15) is 89.1 Å². The number of likely N-dealkylation sites (tertiary alicyclic amines) is 1. The number of nitriles is 1. The van der Waals surface area contributed by atoms with E-state index in [4.69, 9.17) is 26.4 Å². The number of halogens is 3. The average molecular weight is 1020 g/mol. The molecule has 2 fully saturated rings. The predicted molar refractivity (Wildman–Crippen MR) is 266 cm³/mol. The molecule has 0 unspecified atom stereocenters. The predicted octanol–water partition coefficient (Wildman–Crippen LogP) is 7.71. The molecule has 0 aliphatic carbocycles. The molecule has 4 aromatic rings. The van der Waals surface area contributed by atoms with Gasteiger partial charge in [0, 0.05) is 51.4 Å². The SMILES string of the molecule is Cc1ncsc1-c1ccc(CNC(=O)[C@@H]2C[C@@H](O)CN2C(=O)[C@@H](NC(=O)COCCCCCOCCCOc2ccc(N3C(=S)N(c4ccc(C#N)c(C(F)(F)F)c4)C(=O)C3(C)C)cc2)C(C)(C)C)cc1. The van der Waals surface area contributed by atoms with Gasteiger partial charge in [-0.05, 0) is 111 Å². The number of aromatic nitrogens is 1. The first-order chi connectivity index (χ1) is 33.6. The Balaban J connectivity index is 0.851. The maximum atomic E-state index is 13.9. The number of unbranched alkanes of at least 4 members (excludes halogenated alkanes) is 2. The van der Waals surface area contributed by atoms with Gasteiger partial charge >= 0.3 is 6.18 Å². The molecular weight excluding hydrogens is 960 g/mol. The Morgan fingerprint density at radius 3 is 2.25 bits per heavy atom. The Morgan fingerprint density at radius 2 is 1.62 bits per heavy atom. The van der Waals surface area contributed by atoms with Crippen molar-refractivity contribution in [3.05, 3.63) is 94.6 Å². The second-order valence-corrected chi connectivity index (χ2v) is 20.2. The third-order valence-corrected chi connectivity index (χ3v) is 13.5. The monoisotopic (exact) mass is 1020 g/mol. The number of thiocarbonyl (C=S) groups is 1. The van der Waals surface area contributed by atoms with E-state index in [0.717, 1.165) is 51.6 Å². The second-order valence-electron chi connectivity index (χ2n) is 19.0. The zero-order chi connectivity index (χ0) is 51.7. The van der Waals surface area contributed by atoms with Gasteiger partial charge in [0.1, 0.15) is 30.0 Å². The van der Waals surface area contributed by atoms with Crippen molar-refractivity contribution >= 4 is 63.7 Å². The molecule has 3 aromatic carbocycles. The molecule has 3 N–H and O–H groups in total. The summed E-state index contributed by atoms with van der Waals surface area (Å²) in [6.07, 6.45) is -2.71. The van der Waals surface area contributed by atoms with Crippen LogP contribution < -0.4 is 25.2 Å². The van der Waals surface area contributed by atoms with Crippen LogP contribution >= 0.6 is 23.6 Å². The summed E-state index contributed by atoms with van der Waals surface area (Å²) in [5.74, 6) is -1.25. The zero-order valence-electron chi connectivity index (χ0n) is 40.6. The topological polar surface area (TPSA) is 187 Å². The average Bonchev–Trinajstić information content (AvgIpc) is 3.99. The lowest BCUT2D eigenvalue weighted by atomic mass is 9.85. The fourth-order valence-electron chi connectivity index (χ4n) is 8.34. The molecule has 1 aromatic heterocycles. The van der Waals surface area contributed by atoms with Crippen LogP contribution in [0, 0.1) is 23.7 Å².